The van der Waals surface area contributed by atoms with Crippen molar-refractivity contribution >= 4 is 17.4 Å². The van der Waals surface area contributed by atoms with E-state index < -0.39 is 0 Å². The highest BCUT2D eigenvalue weighted by Crippen LogP contribution is 2.31. The molecule has 0 saturated heterocycles. The summed E-state index contributed by atoms with van der Waals surface area (Å²) in [4.78, 5) is 16.4. The van der Waals surface area contributed by atoms with Crippen molar-refractivity contribution in [1.29, 1.82) is 0 Å². The second-order valence-corrected chi connectivity index (χ2v) is 4.46. The van der Waals surface area contributed by atoms with Gasteiger partial charge in [0.05, 0.1) is 25.5 Å². The molecule has 1 amide bonds. The number of nitrogens with zero attached hydrogens (tertiary/aromatic N) is 1. The minimum Gasteiger partial charge on any atom is -0.497 e. The Bertz CT molecular complexity index is 671. The van der Waals surface area contributed by atoms with E-state index >= 15 is 0 Å². The number of carbonyl (C=O) groups excluding carboxylic acids is 1. The first-order chi connectivity index (χ1) is 10.0. The molecule has 0 unspecified atom stereocenters. The number of ether oxygens (including phenoxy) is 2. The van der Waals surface area contributed by atoms with Crippen molar-refractivity contribution in [2.45, 2.75) is 6.92 Å². The van der Waals surface area contributed by atoms with E-state index in [-0.39, 0.29) is 17.2 Å². The van der Waals surface area contributed by atoms with E-state index in [0.29, 0.717) is 17.3 Å². The summed E-state index contributed by atoms with van der Waals surface area (Å²) in [5, 5.41) is 2.70. The molecule has 1 aromatic heterocycles. The third-order valence-corrected chi connectivity index (χ3v) is 2.97. The molecule has 0 aliphatic carbocycles. The Labute approximate surface area is 122 Å². The summed E-state index contributed by atoms with van der Waals surface area (Å²) in [5.41, 5.74) is 7.46. The Morgan fingerprint density at radius 3 is 2.62 bits per heavy atom. The average molecular weight is 287 g/mol. The molecule has 0 radical (unpaired) electrons. The molecule has 0 aliphatic heterocycles. The highest BCUT2D eigenvalue weighted by atomic mass is 16.5. The predicted octanol–water partition coefficient (Wildman–Crippen LogP) is 2.24. The molecule has 2 aromatic rings. The predicted molar refractivity (Wildman–Crippen MR) is 80.9 cm³/mol. The highest BCUT2D eigenvalue weighted by molar-refractivity contribution is 6.08. The van der Waals surface area contributed by atoms with Crippen LogP contribution in [0.3, 0.4) is 0 Å². The normalized spacial score (nSPS) is 10.0. The van der Waals surface area contributed by atoms with Crippen LogP contribution in [0.2, 0.25) is 0 Å². The lowest BCUT2D eigenvalue weighted by molar-refractivity contribution is 0.102. The Balaban J connectivity index is 2.34. The summed E-state index contributed by atoms with van der Waals surface area (Å²) in [5.74, 6) is 0.962. The SMILES string of the molecule is COc1cc(OC)c(N)c(C(=O)Nc2cc(C)ccn2)c1. The van der Waals surface area contributed by atoms with E-state index in [9.17, 15) is 4.79 Å². The van der Waals surface area contributed by atoms with E-state index in [2.05, 4.69) is 10.3 Å². The van der Waals surface area contributed by atoms with Gasteiger partial charge in [-0.2, -0.15) is 0 Å². The van der Waals surface area contributed by atoms with Gasteiger partial charge in [-0.15, -0.1) is 0 Å². The molecule has 6 nitrogen and oxygen atoms in total. The fourth-order valence-corrected chi connectivity index (χ4v) is 1.86. The number of nitrogens with one attached hydrogen (secondary N) is 1. The standard InChI is InChI=1S/C15H17N3O3/c1-9-4-5-17-13(6-9)18-15(19)11-7-10(20-2)8-12(21-3)14(11)16/h4-8H,16H2,1-3H3,(H,17,18,19). The molecule has 0 spiro atoms. The number of amides is 1. The molecule has 1 heterocycles. The second-order valence-electron chi connectivity index (χ2n) is 4.46. The number of aryl methyl sites for hydroxylation is 1. The third kappa shape index (κ3) is 3.22. The van der Waals surface area contributed by atoms with Gasteiger partial charge in [0.15, 0.2) is 0 Å². The highest BCUT2D eigenvalue weighted by Gasteiger charge is 2.16. The Morgan fingerprint density at radius 1 is 1.24 bits per heavy atom. The summed E-state index contributed by atoms with van der Waals surface area (Å²) in [7, 11) is 2.99. The molecule has 6 heteroatoms. The second kappa shape index (κ2) is 6.13. The fourth-order valence-electron chi connectivity index (χ4n) is 1.86. The van der Waals surface area contributed by atoms with Crippen molar-refractivity contribution in [1.82, 2.24) is 4.98 Å². The number of rotatable bonds is 4. The summed E-state index contributed by atoms with van der Waals surface area (Å²) in [6.45, 7) is 1.92. The summed E-state index contributed by atoms with van der Waals surface area (Å²) in [6.07, 6.45) is 1.63. The number of carbonyl (C=O) groups is 1. The number of methoxy groups -OCH3 is 2. The Kier molecular flexibility index (Phi) is 4.27. The van der Waals surface area contributed by atoms with Gasteiger partial charge >= 0.3 is 0 Å². The van der Waals surface area contributed by atoms with Crippen LogP contribution in [0, 0.1) is 6.92 Å². The van der Waals surface area contributed by atoms with Crippen LogP contribution >= 0.6 is 0 Å². The van der Waals surface area contributed by atoms with Crippen LogP contribution in [-0.2, 0) is 0 Å². The Morgan fingerprint density at radius 2 is 2.00 bits per heavy atom. The van der Waals surface area contributed by atoms with Gasteiger partial charge in [0, 0.05) is 12.3 Å². The molecule has 110 valence electrons. The van der Waals surface area contributed by atoms with Crippen LogP contribution in [0.4, 0.5) is 11.5 Å². The quantitative estimate of drug-likeness (QED) is 0.842. The summed E-state index contributed by atoms with van der Waals surface area (Å²) in [6, 6.07) is 6.80. The van der Waals surface area contributed by atoms with Crippen LogP contribution in [-0.4, -0.2) is 25.1 Å². The van der Waals surface area contributed by atoms with E-state index in [1.165, 1.54) is 14.2 Å². The van der Waals surface area contributed by atoms with Crippen molar-refractivity contribution in [2.75, 3.05) is 25.3 Å². The number of anilines is 2. The maximum Gasteiger partial charge on any atom is 0.259 e. The zero-order valence-electron chi connectivity index (χ0n) is 12.1. The van der Waals surface area contributed by atoms with Crippen molar-refractivity contribution < 1.29 is 14.3 Å². The maximum atomic E-state index is 12.3. The van der Waals surface area contributed by atoms with Crippen LogP contribution in [0.1, 0.15) is 15.9 Å². The molecule has 0 aliphatic rings. The minimum absolute atomic E-state index is 0.253. The molecule has 3 N–H and O–H groups in total. The first-order valence-electron chi connectivity index (χ1n) is 6.30. The first kappa shape index (κ1) is 14.6. The summed E-state index contributed by atoms with van der Waals surface area (Å²) >= 11 is 0. The smallest absolute Gasteiger partial charge is 0.259 e. The number of hydrogen-bond acceptors (Lipinski definition) is 5. The number of nitrogen functional groups attached to an aromatic ring is 1. The Hall–Kier alpha value is -2.76. The lowest BCUT2D eigenvalue weighted by Crippen LogP contribution is -2.15. The molecule has 2 rings (SSSR count). The maximum absolute atomic E-state index is 12.3. The molecule has 1 aromatic carbocycles. The van der Waals surface area contributed by atoms with Crippen molar-refractivity contribution in [3.8, 4) is 11.5 Å². The van der Waals surface area contributed by atoms with E-state index in [0.717, 1.165) is 5.56 Å². The van der Waals surface area contributed by atoms with Gasteiger partial charge in [0.25, 0.3) is 5.91 Å². The van der Waals surface area contributed by atoms with E-state index in [4.69, 9.17) is 15.2 Å². The van der Waals surface area contributed by atoms with Gasteiger partial charge in [-0.3, -0.25) is 4.79 Å². The van der Waals surface area contributed by atoms with Gasteiger partial charge in [0.2, 0.25) is 0 Å². The first-order valence-corrected chi connectivity index (χ1v) is 6.30. The van der Waals surface area contributed by atoms with Crippen LogP contribution in [0.25, 0.3) is 0 Å². The van der Waals surface area contributed by atoms with Gasteiger partial charge in [-0.1, -0.05) is 0 Å². The number of pyridine rings is 1. The number of aromatic nitrogens is 1. The molecular weight excluding hydrogens is 270 g/mol. The number of hydrogen-bond donors (Lipinski definition) is 2. The monoisotopic (exact) mass is 287 g/mol. The molecule has 0 bridgehead atoms. The molecular formula is C15H17N3O3. The lowest BCUT2D eigenvalue weighted by atomic mass is 10.1. The van der Waals surface area contributed by atoms with Crippen LogP contribution in [0.5, 0.6) is 11.5 Å². The molecule has 0 atom stereocenters. The average Bonchev–Trinajstić information content (AvgIpc) is 2.47. The number of benzene rings is 1. The van der Waals surface area contributed by atoms with Crippen molar-refractivity contribution in [3.05, 3.63) is 41.6 Å². The number of nitrogens with two attached hydrogens (primary N) is 1. The van der Waals surface area contributed by atoms with Gasteiger partial charge in [0.1, 0.15) is 17.3 Å². The minimum atomic E-state index is -0.372. The zero-order valence-corrected chi connectivity index (χ0v) is 12.1. The molecule has 0 fully saturated rings. The lowest BCUT2D eigenvalue weighted by Gasteiger charge is -2.12. The van der Waals surface area contributed by atoms with Crippen molar-refractivity contribution in [3.63, 3.8) is 0 Å². The molecule has 0 saturated carbocycles. The van der Waals surface area contributed by atoms with Gasteiger partial charge in [-0.05, 0) is 30.7 Å². The van der Waals surface area contributed by atoms with Gasteiger partial charge in [-0.25, -0.2) is 4.98 Å². The van der Waals surface area contributed by atoms with E-state index in [1.807, 2.05) is 13.0 Å². The van der Waals surface area contributed by atoms with Crippen LogP contribution in [0.15, 0.2) is 30.5 Å². The largest absolute Gasteiger partial charge is 0.497 e. The summed E-state index contributed by atoms with van der Waals surface area (Å²) < 4.78 is 10.3. The van der Waals surface area contributed by atoms with Gasteiger partial charge < -0.3 is 20.5 Å². The van der Waals surface area contributed by atoms with Crippen LogP contribution < -0.4 is 20.5 Å². The third-order valence-electron chi connectivity index (χ3n) is 2.97. The topological polar surface area (TPSA) is 86.5 Å². The molecule has 21 heavy (non-hydrogen) atoms. The zero-order chi connectivity index (χ0) is 15.4. The van der Waals surface area contributed by atoms with E-state index in [1.54, 1.807) is 24.4 Å². The fraction of sp³-hybridized carbons (Fsp3) is 0.200. The van der Waals surface area contributed by atoms with Crippen molar-refractivity contribution in [2.24, 2.45) is 0 Å².